The van der Waals surface area contributed by atoms with Crippen molar-refractivity contribution in [2.45, 2.75) is 37.8 Å². The molecule has 0 unspecified atom stereocenters. The number of hydrogen-bond acceptors (Lipinski definition) is 6. The minimum absolute atomic E-state index is 0. The third kappa shape index (κ3) is 5.98. The molecule has 0 radical (unpaired) electrons. The fourth-order valence-electron chi connectivity index (χ4n) is 3.38. The monoisotopic (exact) mass is 454 g/mol. The minimum Gasteiger partial charge on any atom is -0.870 e. The Morgan fingerprint density at radius 1 is 0.800 bits per heavy atom. The van der Waals surface area contributed by atoms with Crippen LogP contribution in [0.15, 0.2) is 46.4 Å². The van der Waals surface area contributed by atoms with Gasteiger partial charge in [-0.2, -0.15) is 0 Å². The molecule has 0 heterocycles. The van der Waals surface area contributed by atoms with E-state index in [1.54, 1.807) is 48.8 Å². The van der Waals surface area contributed by atoms with Crippen LogP contribution in [-0.2, 0) is 17.1 Å². The van der Waals surface area contributed by atoms with Gasteiger partial charge in [-0.15, -0.1) is 0 Å². The van der Waals surface area contributed by atoms with E-state index < -0.39 is 0 Å². The predicted octanol–water partition coefficient (Wildman–Crippen LogP) is 1.87. The van der Waals surface area contributed by atoms with Crippen LogP contribution in [-0.4, -0.2) is 44.2 Å². The first-order chi connectivity index (χ1) is 13.6. The molecule has 2 aromatic rings. The van der Waals surface area contributed by atoms with Crippen molar-refractivity contribution >= 4 is 12.4 Å². The fourth-order valence-corrected chi connectivity index (χ4v) is 3.38. The number of benzene rings is 2. The summed E-state index contributed by atoms with van der Waals surface area (Å²) in [6.07, 6.45) is 7.19. The van der Waals surface area contributed by atoms with Crippen molar-refractivity contribution in [3.8, 4) is 23.0 Å². The normalized spacial score (nSPS) is 18.6. The summed E-state index contributed by atoms with van der Waals surface area (Å²) in [5.74, 6) is 0.278. The number of para-hydroxylation sites is 2. The summed E-state index contributed by atoms with van der Waals surface area (Å²) in [6.45, 7) is 0. The third-order valence-electron chi connectivity index (χ3n) is 4.96. The van der Waals surface area contributed by atoms with Crippen LogP contribution in [0.2, 0.25) is 0 Å². The number of rotatable bonds is 6. The van der Waals surface area contributed by atoms with Gasteiger partial charge in [-0.1, -0.05) is 48.6 Å². The van der Waals surface area contributed by atoms with Crippen LogP contribution in [0, 0.1) is 0 Å². The Morgan fingerprint density at radius 3 is 1.57 bits per heavy atom. The first-order valence-corrected chi connectivity index (χ1v) is 9.38. The zero-order valence-corrected chi connectivity index (χ0v) is 18.1. The Kier molecular flexibility index (Phi) is 10.4. The van der Waals surface area contributed by atoms with E-state index in [0.717, 1.165) is 25.7 Å². The second-order valence-corrected chi connectivity index (χ2v) is 6.73. The van der Waals surface area contributed by atoms with Gasteiger partial charge in [0, 0.05) is 12.4 Å². The summed E-state index contributed by atoms with van der Waals surface area (Å²) in [5, 5.41) is 24.5. The molecule has 3 rings (SSSR count). The topological polar surface area (TPSA) is 121 Å². The minimum atomic E-state index is -0.169. The smallest absolute Gasteiger partial charge is 0.870 e. The zero-order chi connectivity index (χ0) is 19.9. The molecule has 1 aliphatic rings. The van der Waals surface area contributed by atoms with E-state index >= 15 is 0 Å². The van der Waals surface area contributed by atoms with E-state index in [9.17, 15) is 10.2 Å². The molecule has 1 aliphatic carbocycles. The van der Waals surface area contributed by atoms with E-state index in [0.29, 0.717) is 22.6 Å². The molecule has 0 aromatic heterocycles. The average Bonchev–Trinajstić information content (AvgIpc) is 2.73. The van der Waals surface area contributed by atoms with E-state index in [1.807, 2.05) is 0 Å². The maximum absolute atomic E-state index is 12.3. The summed E-state index contributed by atoms with van der Waals surface area (Å²) >= 11 is 0. The Balaban J connectivity index is 0.00000225. The quantitative estimate of drug-likeness (QED) is 0.489. The van der Waals surface area contributed by atoms with Gasteiger partial charge in [0.25, 0.3) is 0 Å². The third-order valence-corrected chi connectivity index (χ3v) is 4.96. The molecule has 7 nitrogen and oxygen atoms in total. The summed E-state index contributed by atoms with van der Waals surface area (Å²) in [6, 6.07) is 10.3. The second kappa shape index (κ2) is 12.2. The van der Waals surface area contributed by atoms with Crippen molar-refractivity contribution in [2.75, 3.05) is 14.2 Å². The van der Waals surface area contributed by atoms with Gasteiger partial charge in [-0.05, 0) is 36.1 Å². The standard InChI is InChI=1S/C22H26N2O4.Fe.H2O/c1-27-19-11-5-7-15(21(19)25)13-23-17-9-3-4-10-18(17)24-14-16-8-6-12-20(28-2)22(16)26;;/h5-8,11-14,17-18,25-26H,3-4,9-10H2,1-2H3;;1H2/q;+2;/p-2/t17-,18+;;. The Bertz CT molecular complexity index is 801. The van der Waals surface area contributed by atoms with E-state index in [-0.39, 0.29) is 46.1 Å². The number of nitrogens with zero attached hydrogens (tertiary/aromatic N) is 2. The second-order valence-electron chi connectivity index (χ2n) is 6.73. The van der Waals surface area contributed by atoms with Crippen molar-refractivity contribution < 1.29 is 42.2 Å². The van der Waals surface area contributed by atoms with Gasteiger partial charge in [-0.25, -0.2) is 0 Å². The summed E-state index contributed by atoms with van der Waals surface area (Å²) in [5.41, 5.74) is 1.00. The number of ether oxygens (including phenoxy) is 2. The van der Waals surface area contributed by atoms with Gasteiger partial charge < -0.3 is 25.2 Å². The van der Waals surface area contributed by atoms with Gasteiger partial charge in [0.2, 0.25) is 0 Å². The molecule has 1 fully saturated rings. The molecule has 0 spiro atoms. The average molecular weight is 454 g/mol. The van der Waals surface area contributed by atoms with Crippen molar-refractivity contribution in [1.82, 2.24) is 0 Å². The van der Waals surface area contributed by atoms with E-state index in [1.165, 1.54) is 14.2 Å². The molecule has 1 saturated carbocycles. The van der Waals surface area contributed by atoms with Gasteiger partial charge >= 0.3 is 17.1 Å². The molecule has 2 atom stereocenters. The largest absolute Gasteiger partial charge is 2.00 e. The molecule has 0 amide bonds. The van der Waals surface area contributed by atoms with Crippen LogP contribution in [0.4, 0.5) is 0 Å². The van der Waals surface area contributed by atoms with Gasteiger partial charge in [0.15, 0.2) is 0 Å². The Morgan fingerprint density at radius 2 is 1.20 bits per heavy atom. The van der Waals surface area contributed by atoms with Crippen LogP contribution in [0.5, 0.6) is 23.0 Å². The molecular weight excluding hydrogens is 428 g/mol. The molecule has 0 aliphatic heterocycles. The molecule has 8 heteroatoms. The summed E-state index contributed by atoms with van der Waals surface area (Å²) < 4.78 is 10.2. The molecule has 2 aromatic carbocycles. The predicted molar refractivity (Wildman–Crippen MR) is 110 cm³/mol. The first-order valence-electron chi connectivity index (χ1n) is 9.38. The molecule has 0 saturated heterocycles. The number of hydrogen-bond donors (Lipinski definition) is 0. The van der Waals surface area contributed by atoms with E-state index in [2.05, 4.69) is 9.98 Å². The molecular formula is C22H26FeN2O5. The Hall–Kier alpha value is -2.54. The fraction of sp³-hybridized carbons (Fsp3) is 0.364. The van der Waals surface area contributed by atoms with Gasteiger partial charge in [0.05, 0.1) is 26.3 Å². The Labute approximate surface area is 187 Å². The number of aliphatic imine (C=N–C) groups is 2. The molecule has 162 valence electrons. The first kappa shape index (κ1) is 25.5. The van der Waals surface area contributed by atoms with Crippen molar-refractivity contribution in [3.63, 3.8) is 0 Å². The zero-order valence-electron chi connectivity index (χ0n) is 17.0. The van der Waals surface area contributed by atoms with Crippen LogP contribution < -0.4 is 19.7 Å². The van der Waals surface area contributed by atoms with Gasteiger partial charge in [-0.3, -0.25) is 9.98 Å². The maximum atomic E-state index is 12.3. The molecule has 30 heavy (non-hydrogen) atoms. The van der Waals surface area contributed by atoms with Crippen LogP contribution in [0.25, 0.3) is 0 Å². The van der Waals surface area contributed by atoms with E-state index in [4.69, 9.17) is 9.47 Å². The molecule has 0 bridgehead atoms. The van der Waals surface area contributed by atoms with Crippen molar-refractivity contribution in [2.24, 2.45) is 9.98 Å². The van der Waals surface area contributed by atoms with Crippen molar-refractivity contribution in [3.05, 3.63) is 47.5 Å². The molecule has 2 N–H and O–H groups in total. The van der Waals surface area contributed by atoms with Gasteiger partial charge in [0.1, 0.15) is 11.5 Å². The van der Waals surface area contributed by atoms with Crippen molar-refractivity contribution in [1.29, 1.82) is 0 Å². The number of methoxy groups -OCH3 is 2. The van der Waals surface area contributed by atoms with Crippen LogP contribution >= 0.6 is 0 Å². The summed E-state index contributed by atoms with van der Waals surface area (Å²) in [4.78, 5) is 9.28. The SMILES string of the molecule is COc1cccc(C=N[C@H]2CCCC[C@H]2N=Cc2cccc(OC)c2[O-])c1[O-].O.[Fe+2]. The maximum Gasteiger partial charge on any atom is 2.00 e. The van der Waals surface area contributed by atoms with Crippen LogP contribution in [0.3, 0.4) is 0 Å². The van der Waals surface area contributed by atoms with Crippen LogP contribution in [0.1, 0.15) is 36.8 Å². The summed E-state index contributed by atoms with van der Waals surface area (Å²) in [7, 11) is 2.96.